The molecule has 1 aromatic carbocycles. The van der Waals surface area contributed by atoms with Gasteiger partial charge >= 0.3 is 0 Å². The first-order chi connectivity index (χ1) is 11.7. The van der Waals surface area contributed by atoms with Crippen LogP contribution in [0.15, 0.2) is 46.8 Å². The van der Waals surface area contributed by atoms with Crippen LogP contribution in [-0.4, -0.2) is 21.8 Å². The van der Waals surface area contributed by atoms with Crippen molar-refractivity contribution in [3.05, 3.63) is 69.1 Å². The first-order valence-electron chi connectivity index (χ1n) is 8.05. The topological polar surface area (TPSA) is 63.5 Å². The lowest BCUT2D eigenvalue weighted by molar-refractivity contribution is 0.0948. The summed E-state index contributed by atoms with van der Waals surface area (Å²) < 4.78 is 1.41. The maximum absolute atomic E-state index is 12.4. The third-order valence-electron chi connectivity index (χ3n) is 4.59. The first kappa shape index (κ1) is 15.1. The molecule has 0 saturated carbocycles. The molecule has 4 rings (SSSR count). The third-order valence-corrected chi connectivity index (χ3v) is 5.36. The minimum atomic E-state index is -0.351. The molecule has 1 N–H and O–H groups in total. The fourth-order valence-corrected chi connectivity index (χ4v) is 4.03. The maximum Gasteiger partial charge on any atom is 0.271 e. The van der Waals surface area contributed by atoms with Crippen molar-refractivity contribution >= 4 is 22.2 Å². The van der Waals surface area contributed by atoms with Gasteiger partial charge in [0.2, 0.25) is 0 Å². The number of hydrogen-bond donors (Lipinski definition) is 1. The minimum absolute atomic E-state index is 0.0926. The number of thiazole rings is 1. The Labute approximate surface area is 143 Å². The lowest BCUT2D eigenvalue weighted by Gasteiger charge is -2.25. The number of hydrogen-bond acceptors (Lipinski definition) is 4. The van der Waals surface area contributed by atoms with Crippen LogP contribution in [0.3, 0.4) is 0 Å². The van der Waals surface area contributed by atoms with Crippen molar-refractivity contribution in [3.63, 3.8) is 0 Å². The SMILES string of the molecule is O=C(NCC1CCCc2ccccc21)c1cnc2sccn2c1=O. The summed E-state index contributed by atoms with van der Waals surface area (Å²) in [6.07, 6.45) is 6.29. The second-order valence-electron chi connectivity index (χ2n) is 6.03. The molecule has 1 aliphatic rings. The average Bonchev–Trinajstić information content (AvgIpc) is 3.09. The average molecular weight is 339 g/mol. The van der Waals surface area contributed by atoms with Gasteiger partial charge in [0.15, 0.2) is 4.96 Å². The lowest BCUT2D eigenvalue weighted by atomic mass is 9.83. The summed E-state index contributed by atoms with van der Waals surface area (Å²) in [6, 6.07) is 8.39. The molecule has 0 radical (unpaired) electrons. The fourth-order valence-electron chi connectivity index (χ4n) is 3.36. The molecule has 1 unspecified atom stereocenters. The molecule has 0 bridgehead atoms. The number of amides is 1. The van der Waals surface area contributed by atoms with E-state index in [0.29, 0.717) is 17.4 Å². The van der Waals surface area contributed by atoms with E-state index in [9.17, 15) is 9.59 Å². The Morgan fingerprint density at radius 3 is 3.17 bits per heavy atom. The van der Waals surface area contributed by atoms with Crippen molar-refractivity contribution in [2.24, 2.45) is 0 Å². The van der Waals surface area contributed by atoms with Crippen LogP contribution >= 0.6 is 11.3 Å². The Morgan fingerprint density at radius 1 is 1.38 bits per heavy atom. The highest BCUT2D eigenvalue weighted by Crippen LogP contribution is 2.30. The first-order valence-corrected chi connectivity index (χ1v) is 8.93. The van der Waals surface area contributed by atoms with Crippen molar-refractivity contribution in [1.82, 2.24) is 14.7 Å². The van der Waals surface area contributed by atoms with Gasteiger partial charge in [-0.05, 0) is 30.4 Å². The van der Waals surface area contributed by atoms with Gasteiger partial charge in [-0.1, -0.05) is 24.3 Å². The Bertz CT molecular complexity index is 960. The van der Waals surface area contributed by atoms with E-state index in [1.807, 2.05) is 6.07 Å². The molecule has 122 valence electrons. The quantitative estimate of drug-likeness (QED) is 0.798. The summed E-state index contributed by atoms with van der Waals surface area (Å²) in [4.78, 5) is 29.5. The van der Waals surface area contributed by atoms with Crippen LogP contribution in [-0.2, 0) is 6.42 Å². The lowest BCUT2D eigenvalue weighted by Crippen LogP contribution is -2.34. The zero-order chi connectivity index (χ0) is 16.5. The molecular weight excluding hydrogens is 322 g/mol. The van der Waals surface area contributed by atoms with Gasteiger partial charge in [-0.15, -0.1) is 11.3 Å². The van der Waals surface area contributed by atoms with E-state index in [0.717, 1.165) is 19.3 Å². The van der Waals surface area contributed by atoms with Crippen molar-refractivity contribution in [2.45, 2.75) is 25.2 Å². The number of nitrogens with one attached hydrogen (secondary N) is 1. The third kappa shape index (κ3) is 2.63. The van der Waals surface area contributed by atoms with Gasteiger partial charge in [-0.2, -0.15) is 0 Å². The van der Waals surface area contributed by atoms with Crippen LogP contribution in [0.2, 0.25) is 0 Å². The predicted octanol–water partition coefficient (Wildman–Crippen LogP) is 2.61. The maximum atomic E-state index is 12.4. The highest BCUT2D eigenvalue weighted by atomic mass is 32.1. The van der Waals surface area contributed by atoms with Crippen LogP contribution in [0.25, 0.3) is 4.96 Å². The zero-order valence-corrected chi connectivity index (χ0v) is 13.9. The number of rotatable bonds is 3. The molecule has 1 aliphatic carbocycles. The van der Waals surface area contributed by atoms with Gasteiger partial charge in [-0.3, -0.25) is 14.0 Å². The molecule has 1 atom stereocenters. The van der Waals surface area contributed by atoms with Gasteiger partial charge in [0.1, 0.15) is 5.56 Å². The van der Waals surface area contributed by atoms with Crippen molar-refractivity contribution < 1.29 is 4.79 Å². The van der Waals surface area contributed by atoms with E-state index in [4.69, 9.17) is 0 Å². The molecule has 3 aromatic rings. The number of fused-ring (bicyclic) bond motifs is 2. The smallest absolute Gasteiger partial charge is 0.271 e. The Kier molecular flexibility index (Phi) is 3.90. The number of benzene rings is 1. The molecule has 0 saturated heterocycles. The number of aryl methyl sites for hydroxylation is 1. The van der Waals surface area contributed by atoms with Crippen LogP contribution in [0.5, 0.6) is 0 Å². The number of carbonyl (C=O) groups is 1. The van der Waals surface area contributed by atoms with E-state index in [1.165, 1.54) is 33.1 Å². The van der Waals surface area contributed by atoms with Crippen LogP contribution < -0.4 is 10.9 Å². The summed E-state index contributed by atoms with van der Waals surface area (Å²) in [7, 11) is 0. The second-order valence-corrected chi connectivity index (χ2v) is 6.90. The second kappa shape index (κ2) is 6.20. The minimum Gasteiger partial charge on any atom is -0.351 e. The Balaban J connectivity index is 1.53. The Hall–Kier alpha value is -2.47. The largest absolute Gasteiger partial charge is 0.351 e. The molecule has 6 heteroatoms. The molecule has 5 nitrogen and oxygen atoms in total. The summed E-state index contributed by atoms with van der Waals surface area (Å²) in [5.41, 5.74) is 2.45. The monoisotopic (exact) mass is 339 g/mol. The van der Waals surface area contributed by atoms with Crippen LogP contribution in [0.4, 0.5) is 0 Å². The van der Waals surface area contributed by atoms with E-state index in [1.54, 1.807) is 11.6 Å². The molecular formula is C18H17N3O2S. The number of carbonyl (C=O) groups excluding carboxylic acids is 1. The van der Waals surface area contributed by atoms with Gasteiger partial charge in [0.25, 0.3) is 11.5 Å². The number of aromatic nitrogens is 2. The summed E-state index contributed by atoms with van der Waals surface area (Å²) in [5, 5.41) is 4.70. The molecule has 0 fully saturated rings. The van der Waals surface area contributed by atoms with E-state index < -0.39 is 0 Å². The molecule has 0 aliphatic heterocycles. The van der Waals surface area contributed by atoms with Crippen molar-refractivity contribution in [3.8, 4) is 0 Å². The van der Waals surface area contributed by atoms with Crippen LogP contribution in [0, 0.1) is 0 Å². The molecule has 2 aromatic heterocycles. The van der Waals surface area contributed by atoms with Crippen LogP contribution in [0.1, 0.15) is 40.2 Å². The molecule has 1 amide bonds. The van der Waals surface area contributed by atoms with E-state index in [-0.39, 0.29) is 17.0 Å². The Morgan fingerprint density at radius 2 is 2.25 bits per heavy atom. The fraction of sp³-hybridized carbons (Fsp3) is 0.278. The highest BCUT2D eigenvalue weighted by molar-refractivity contribution is 7.15. The van der Waals surface area contributed by atoms with Crippen molar-refractivity contribution in [2.75, 3.05) is 6.54 Å². The molecule has 2 heterocycles. The van der Waals surface area contributed by atoms with E-state index >= 15 is 0 Å². The summed E-state index contributed by atoms with van der Waals surface area (Å²) >= 11 is 1.37. The highest BCUT2D eigenvalue weighted by Gasteiger charge is 2.21. The molecule has 0 spiro atoms. The van der Waals surface area contributed by atoms with E-state index in [2.05, 4.69) is 28.5 Å². The van der Waals surface area contributed by atoms with Crippen molar-refractivity contribution in [1.29, 1.82) is 0 Å². The zero-order valence-electron chi connectivity index (χ0n) is 13.1. The van der Waals surface area contributed by atoms with Gasteiger partial charge in [0.05, 0.1) is 0 Å². The predicted molar refractivity (Wildman–Crippen MR) is 93.8 cm³/mol. The summed E-state index contributed by atoms with van der Waals surface area (Å²) in [6.45, 7) is 0.543. The van der Waals surface area contributed by atoms with Gasteiger partial charge in [0, 0.05) is 30.2 Å². The van der Waals surface area contributed by atoms with Gasteiger partial charge < -0.3 is 5.32 Å². The molecule has 24 heavy (non-hydrogen) atoms. The summed E-state index contributed by atoms with van der Waals surface area (Å²) in [5.74, 6) is -0.0457. The van der Waals surface area contributed by atoms with Gasteiger partial charge in [-0.25, -0.2) is 4.98 Å². The normalized spacial score (nSPS) is 16.8. The standard InChI is InChI=1S/C18H17N3O2S/c22-16(15-11-20-18-21(17(15)23)8-9-24-18)19-10-13-6-3-5-12-4-1-2-7-14(12)13/h1-2,4,7-9,11,13H,3,5-6,10H2,(H,19,22). The number of nitrogens with zero attached hydrogens (tertiary/aromatic N) is 2.